The van der Waals surface area contributed by atoms with E-state index in [2.05, 4.69) is 110 Å². The van der Waals surface area contributed by atoms with Gasteiger partial charge in [-0.25, -0.2) is 4.79 Å². The molecule has 1 unspecified atom stereocenters. The minimum atomic E-state index is -0.416. The van der Waals surface area contributed by atoms with E-state index in [0.717, 1.165) is 83.0 Å². The number of unbranched alkanes of at least 4 members (excludes halogenated alkanes) is 2. The lowest BCUT2D eigenvalue weighted by Crippen LogP contribution is -2.24. The number of fused-ring (bicyclic) bond motifs is 4. The van der Waals surface area contributed by atoms with Gasteiger partial charge < -0.3 is 9.62 Å². The molecular weight excluding hydrogens is 773 g/mol. The molecule has 63 heavy (non-hydrogen) atoms. The van der Waals surface area contributed by atoms with Gasteiger partial charge >= 0.3 is 5.97 Å². The number of esters is 1. The van der Waals surface area contributed by atoms with E-state index in [1.165, 1.54) is 54.0 Å². The Morgan fingerprint density at radius 2 is 1.03 bits per heavy atom. The molecule has 0 heterocycles. The van der Waals surface area contributed by atoms with Crippen molar-refractivity contribution in [3.8, 4) is 35.2 Å². The zero-order chi connectivity index (χ0) is 43.3. The average Bonchev–Trinajstić information content (AvgIpc) is 3.90. The van der Waals surface area contributed by atoms with Crippen LogP contribution in [0.25, 0.3) is 12.2 Å². The molecule has 0 aromatic heterocycles. The highest BCUT2D eigenvalue weighted by atomic mass is 17.2. The molecule has 6 aromatic carbocycles. The molecule has 0 saturated carbocycles. The number of ether oxygens (including phenoxy) is 1. The maximum atomic E-state index is 13.4. The van der Waals surface area contributed by atoms with Crippen molar-refractivity contribution in [2.24, 2.45) is 0 Å². The third-order valence-corrected chi connectivity index (χ3v) is 12.1. The van der Waals surface area contributed by atoms with Crippen molar-refractivity contribution < 1.29 is 19.3 Å². The quantitative estimate of drug-likeness (QED) is 0.0209. The molecule has 0 amide bonds. The largest absolute Gasteiger partial charge is 0.423 e. The normalized spacial score (nSPS) is 14.8. The zero-order valence-corrected chi connectivity index (χ0v) is 36.4. The van der Waals surface area contributed by atoms with Crippen molar-refractivity contribution >= 4 is 18.1 Å². The molecule has 6 aromatic rings. The molecule has 2 aliphatic carbocycles. The molecular formula is C59H54O4. The average molecular weight is 827 g/mol. The number of rotatable bonds is 14. The van der Waals surface area contributed by atoms with E-state index >= 15 is 0 Å². The summed E-state index contributed by atoms with van der Waals surface area (Å²) in [7, 11) is 0. The summed E-state index contributed by atoms with van der Waals surface area (Å²) < 4.78 is 6.14. The lowest BCUT2D eigenvalue weighted by molar-refractivity contribution is -0.196. The van der Waals surface area contributed by atoms with Gasteiger partial charge in [-0.2, -0.15) is 4.89 Å². The standard InChI is InChI=1S/C59H54O4/c1-3-5-10-44-17-23-47(24-18-44)29-30-49-27-21-46(22-28-49)12-9-43-61-63-55-16-8-14-53-40-42-59(58(53)55)41-39-52-13-7-15-54(57(52)59)62-56(60)38-37-51-35-33-50(34-36-51)32-31-48-25-19-45(20-26-48)11-6-4-2/h7-9,12-28,33-38H,3-6,10-11,39-43H2,1-2H3/b12-9+,38-37-. The Morgan fingerprint density at radius 1 is 0.571 bits per heavy atom. The smallest absolute Gasteiger partial charge is 0.336 e. The maximum Gasteiger partial charge on any atom is 0.336 e. The van der Waals surface area contributed by atoms with Gasteiger partial charge in [-0.1, -0.05) is 135 Å². The van der Waals surface area contributed by atoms with Crippen LogP contribution in [0.1, 0.15) is 119 Å². The Morgan fingerprint density at radius 3 is 1.54 bits per heavy atom. The van der Waals surface area contributed by atoms with Crippen molar-refractivity contribution in [3.05, 3.63) is 212 Å². The van der Waals surface area contributed by atoms with Crippen LogP contribution in [-0.4, -0.2) is 12.6 Å². The van der Waals surface area contributed by atoms with Crippen LogP contribution in [0.4, 0.5) is 0 Å². The van der Waals surface area contributed by atoms with Crippen LogP contribution in [0, 0.1) is 23.7 Å². The fourth-order valence-electron chi connectivity index (χ4n) is 8.80. The summed E-state index contributed by atoms with van der Waals surface area (Å²) in [5.41, 5.74) is 12.9. The maximum absolute atomic E-state index is 13.4. The van der Waals surface area contributed by atoms with Crippen molar-refractivity contribution in [1.29, 1.82) is 0 Å². The van der Waals surface area contributed by atoms with Crippen molar-refractivity contribution in [3.63, 3.8) is 0 Å². The van der Waals surface area contributed by atoms with Gasteiger partial charge in [0.15, 0.2) is 5.75 Å². The first-order valence-electron chi connectivity index (χ1n) is 22.5. The van der Waals surface area contributed by atoms with Gasteiger partial charge in [0.1, 0.15) is 12.4 Å². The highest BCUT2D eigenvalue weighted by Gasteiger charge is 2.48. The second-order valence-corrected chi connectivity index (χ2v) is 16.5. The van der Waals surface area contributed by atoms with Crippen LogP contribution < -0.4 is 9.62 Å². The summed E-state index contributed by atoms with van der Waals surface area (Å²) >= 11 is 0. The molecule has 0 aliphatic heterocycles. The van der Waals surface area contributed by atoms with Crippen LogP contribution in [-0.2, 0) is 40.8 Å². The lowest BCUT2D eigenvalue weighted by Gasteiger charge is -2.29. The first-order chi connectivity index (χ1) is 31.0. The second kappa shape index (κ2) is 20.8. The van der Waals surface area contributed by atoms with Crippen molar-refractivity contribution in [2.75, 3.05) is 6.61 Å². The van der Waals surface area contributed by atoms with Gasteiger partial charge in [-0.15, -0.1) is 0 Å². The predicted octanol–water partition coefficient (Wildman–Crippen LogP) is 13.0. The summed E-state index contributed by atoms with van der Waals surface area (Å²) in [4.78, 5) is 25.3. The topological polar surface area (TPSA) is 44.8 Å². The monoisotopic (exact) mass is 826 g/mol. The Balaban J connectivity index is 0.875. The van der Waals surface area contributed by atoms with Gasteiger partial charge in [-0.3, -0.25) is 0 Å². The minimum Gasteiger partial charge on any atom is -0.423 e. The third kappa shape index (κ3) is 10.8. The van der Waals surface area contributed by atoms with Gasteiger partial charge in [-0.05, 0) is 151 Å². The summed E-state index contributed by atoms with van der Waals surface area (Å²) in [5, 5.41) is 0. The number of carbonyl (C=O) groups excluding carboxylic acids is 1. The summed E-state index contributed by atoms with van der Waals surface area (Å²) in [6.45, 7) is 4.71. The van der Waals surface area contributed by atoms with Gasteiger partial charge in [0, 0.05) is 44.9 Å². The Kier molecular flexibility index (Phi) is 14.1. The molecule has 8 rings (SSSR count). The van der Waals surface area contributed by atoms with Gasteiger partial charge in [0.2, 0.25) is 0 Å². The summed E-state index contributed by atoms with van der Waals surface area (Å²) in [5.74, 6) is 14.0. The number of aryl methyl sites for hydroxylation is 4. The molecule has 0 radical (unpaired) electrons. The van der Waals surface area contributed by atoms with Gasteiger partial charge in [0.05, 0.1) is 0 Å². The van der Waals surface area contributed by atoms with Crippen LogP contribution in [0.15, 0.2) is 146 Å². The first-order valence-corrected chi connectivity index (χ1v) is 22.5. The van der Waals surface area contributed by atoms with E-state index < -0.39 is 5.97 Å². The molecule has 314 valence electrons. The summed E-state index contributed by atoms with van der Waals surface area (Å²) in [6.07, 6.45) is 17.9. The number of hydrogen-bond donors (Lipinski definition) is 0. The zero-order valence-electron chi connectivity index (χ0n) is 36.4. The molecule has 1 spiro atoms. The highest BCUT2D eigenvalue weighted by Crippen LogP contribution is 2.57. The predicted molar refractivity (Wildman–Crippen MR) is 256 cm³/mol. The Bertz CT molecular complexity index is 2690. The van der Waals surface area contributed by atoms with Crippen LogP contribution in [0.5, 0.6) is 11.5 Å². The molecule has 0 fully saturated rings. The molecule has 2 aliphatic rings. The van der Waals surface area contributed by atoms with E-state index in [0.29, 0.717) is 11.5 Å². The number of hydrogen-bond acceptors (Lipinski definition) is 4. The third-order valence-electron chi connectivity index (χ3n) is 12.1. The van der Waals surface area contributed by atoms with E-state index in [9.17, 15) is 4.79 Å². The lowest BCUT2D eigenvalue weighted by atomic mass is 9.76. The molecule has 1 atom stereocenters. The molecule has 0 bridgehead atoms. The fourth-order valence-corrected chi connectivity index (χ4v) is 8.80. The van der Waals surface area contributed by atoms with E-state index in [4.69, 9.17) is 14.5 Å². The molecule has 0 saturated heterocycles. The van der Waals surface area contributed by atoms with E-state index in [1.807, 2.05) is 72.8 Å². The van der Waals surface area contributed by atoms with Crippen LogP contribution >= 0.6 is 0 Å². The first kappa shape index (κ1) is 42.8. The van der Waals surface area contributed by atoms with Crippen LogP contribution in [0.3, 0.4) is 0 Å². The highest BCUT2D eigenvalue weighted by molar-refractivity contribution is 5.89. The second-order valence-electron chi connectivity index (χ2n) is 16.5. The SMILES string of the molecule is CCCCc1ccc(C#Cc2ccc(/C=C\C(=O)Oc3cccc4c3C3(CCc5cccc(OOC/C=C/c6ccc(C#Cc7ccc(CCCC)cc7)cc6)c53)CC4)cc2)cc1. The fraction of sp³-hybridized carbons (Fsp3) is 0.237. The van der Waals surface area contributed by atoms with Gasteiger partial charge in [0.25, 0.3) is 0 Å². The number of benzene rings is 6. The van der Waals surface area contributed by atoms with E-state index in [-0.39, 0.29) is 12.0 Å². The molecule has 0 N–H and O–H groups in total. The van der Waals surface area contributed by atoms with E-state index in [1.54, 1.807) is 6.08 Å². The number of carbonyl (C=O) groups is 1. The molecule has 4 heteroatoms. The minimum absolute atomic E-state index is 0.280. The van der Waals surface area contributed by atoms with Crippen LogP contribution in [0.2, 0.25) is 0 Å². The molecule has 4 nitrogen and oxygen atoms in total. The van der Waals surface area contributed by atoms with Crippen molar-refractivity contribution in [1.82, 2.24) is 0 Å². The Labute approximate surface area is 373 Å². The van der Waals surface area contributed by atoms with Crippen molar-refractivity contribution in [2.45, 2.75) is 83.5 Å². The Hall–Kier alpha value is -6.85. The summed E-state index contributed by atoms with van der Waals surface area (Å²) in [6, 6.07) is 45.4.